The summed E-state index contributed by atoms with van der Waals surface area (Å²) in [4.78, 5) is 14.7. The van der Waals surface area contributed by atoms with Gasteiger partial charge in [0.1, 0.15) is 11.8 Å². The monoisotopic (exact) mass is 298 g/mol. The van der Waals surface area contributed by atoms with Gasteiger partial charge in [-0.2, -0.15) is 5.26 Å². The SMILES string of the molecule is Cn1cc(C#N)cc1C(=O)N1CCOCC1c1cccn1C. The molecule has 0 aliphatic carbocycles. The fraction of sp³-hybridized carbons (Fsp3) is 0.375. The molecular weight excluding hydrogens is 280 g/mol. The van der Waals surface area contributed by atoms with Crippen LogP contribution in [0.15, 0.2) is 30.6 Å². The second kappa shape index (κ2) is 5.70. The number of hydrogen-bond acceptors (Lipinski definition) is 3. The Labute approximate surface area is 129 Å². The fourth-order valence-corrected chi connectivity index (χ4v) is 2.90. The van der Waals surface area contributed by atoms with Gasteiger partial charge in [0.25, 0.3) is 5.91 Å². The second-order valence-electron chi connectivity index (χ2n) is 5.47. The third-order valence-electron chi connectivity index (χ3n) is 4.07. The zero-order chi connectivity index (χ0) is 15.7. The van der Waals surface area contributed by atoms with Crippen LogP contribution in [-0.4, -0.2) is 39.7 Å². The van der Waals surface area contributed by atoms with Gasteiger partial charge in [0, 0.05) is 38.7 Å². The Hall–Kier alpha value is -2.52. The molecule has 3 rings (SSSR count). The average molecular weight is 298 g/mol. The third kappa shape index (κ3) is 2.40. The standard InChI is InChI=1S/C16H18N4O2/c1-18-5-3-4-13(18)15-11-22-7-6-20(15)16(21)14-8-12(9-17)10-19(14)2/h3-5,8,10,15H,6-7,11H2,1-2H3. The van der Waals surface area contributed by atoms with Crippen molar-refractivity contribution in [3.8, 4) is 6.07 Å². The number of hydrogen-bond donors (Lipinski definition) is 0. The van der Waals surface area contributed by atoms with E-state index < -0.39 is 0 Å². The van der Waals surface area contributed by atoms with Crippen LogP contribution in [0.1, 0.15) is 27.8 Å². The molecule has 0 radical (unpaired) electrons. The van der Waals surface area contributed by atoms with E-state index in [1.807, 2.05) is 34.8 Å². The highest BCUT2D eigenvalue weighted by atomic mass is 16.5. The molecule has 6 heteroatoms. The van der Waals surface area contributed by atoms with Crippen LogP contribution in [0, 0.1) is 11.3 Å². The molecule has 6 nitrogen and oxygen atoms in total. The largest absolute Gasteiger partial charge is 0.377 e. The summed E-state index contributed by atoms with van der Waals surface area (Å²) in [5.41, 5.74) is 2.06. The number of nitriles is 1. The van der Waals surface area contributed by atoms with Gasteiger partial charge in [0.05, 0.1) is 24.8 Å². The van der Waals surface area contributed by atoms with Crippen LogP contribution in [0.25, 0.3) is 0 Å². The van der Waals surface area contributed by atoms with E-state index in [-0.39, 0.29) is 11.9 Å². The maximum Gasteiger partial charge on any atom is 0.271 e. The van der Waals surface area contributed by atoms with E-state index in [1.54, 1.807) is 23.9 Å². The Balaban J connectivity index is 1.93. The molecule has 1 amide bonds. The molecule has 2 aromatic rings. The van der Waals surface area contributed by atoms with Crippen molar-refractivity contribution in [2.75, 3.05) is 19.8 Å². The molecule has 1 unspecified atom stereocenters. The Bertz CT molecular complexity index is 738. The maximum atomic E-state index is 12.9. The minimum absolute atomic E-state index is 0.0708. The second-order valence-corrected chi connectivity index (χ2v) is 5.47. The van der Waals surface area contributed by atoms with E-state index in [4.69, 9.17) is 10.00 Å². The molecule has 0 aromatic carbocycles. The Kier molecular flexibility index (Phi) is 3.73. The van der Waals surface area contributed by atoms with Crippen molar-refractivity contribution in [2.24, 2.45) is 14.1 Å². The quantitative estimate of drug-likeness (QED) is 0.843. The molecule has 2 aromatic heterocycles. The first kappa shape index (κ1) is 14.4. The molecule has 1 aliphatic heterocycles. The van der Waals surface area contributed by atoms with Gasteiger partial charge in [-0.1, -0.05) is 0 Å². The van der Waals surface area contributed by atoms with E-state index in [1.165, 1.54) is 0 Å². The van der Waals surface area contributed by atoms with Crippen molar-refractivity contribution < 1.29 is 9.53 Å². The number of amides is 1. The van der Waals surface area contributed by atoms with Crippen molar-refractivity contribution in [2.45, 2.75) is 6.04 Å². The molecular formula is C16H18N4O2. The summed E-state index contributed by atoms with van der Waals surface area (Å²) in [6.45, 7) is 1.56. The van der Waals surface area contributed by atoms with Crippen molar-refractivity contribution >= 4 is 5.91 Å². The molecule has 0 N–H and O–H groups in total. The summed E-state index contributed by atoms with van der Waals surface area (Å²) < 4.78 is 9.28. The predicted molar refractivity (Wildman–Crippen MR) is 80.1 cm³/mol. The minimum atomic E-state index is -0.110. The smallest absolute Gasteiger partial charge is 0.271 e. The number of nitrogens with zero attached hydrogens (tertiary/aromatic N) is 4. The maximum absolute atomic E-state index is 12.9. The number of carbonyl (C=O) groups is 1. The zero-order valence-corrected chi connectivity index (χ0v) is 12.7. The van der Waals surface area contributed by atoms with Crippen molar-refractivity contribution in [1.82, 2.24) is 14.0 Å². The average Bonchev–Trinajstić information content (AvgIpc) is 3.12. The van der Waals surface area contributed by atoms with Gasteiger partial charge >= 0.3 is 0 Å². The summed E-state index contributed by atoms with van der Waals surface area (Å²) in [5.74, 6) is -0.0708. The predicted octanol–water partition coefficient (Wildman–Crippen LogP) is 1.45. The lowest BCUT2D eigenvalue weighted by Gasteiger charge is -2.36. The molecule has 22 heavy (non-hydrogen) atoms. The zero-order valence-electron chi connectivity index (χ0n) is 12.7. The molecule has 3 heterocycles. The summed E-state index contributed by atoms with van der Waals surface area (Å²) in [7, 11) is 3.74. The van der Waals surface area contributed by atoms with Crippen LogP contribution >= 0.6 is 0 Å². The van der Waals surface area contributed by atoms with Crippen LogP contribution < -0.4 is 0 Å². The first-order chi connectivity index (χ1) is 10.6. The molecule has 0 spiro atoms. The van der Waals surface area contributed by atoms with Gasteiger partial charge in [-0.05, 0) is 18.2 Å². The number of rotatable bonds is 2. The highest BCUT2D eigenvalue weighted by molar-refractivity contribution is 5.93. The van der Waals surface area contributed by atoms with Crippen molar-refractivity contribution in [3.05, 3.63) is 47.5 Å². The van der Waals surface area contributed by atoms with Gasteiger partial charge in [0.15, 0.2) is 0 Å². The highest BCUT2D eigenvalue weighted by Gasteiger charge is 2.31. The van der Waals surface area contributed by atoms with Crippen LogP contribution in [0.5, 0.6) is 0 Å². The number of aromatic nitrogens is 2. The lowest BCUT2D eigenvalue weighted by Crippen LogP contribution is -2.44. The van der Waals surface area contributed by atoms with Gasteiger partial charge in [-0.25, -0.2) is 0 Å². The van der Waals surface area contributed by atoms with Gasteiger partial charge in [-0.15, -0.1) is 0 Å². The van der Waals surface area contributed by atoms with Crippen LogP contribution in [0.4, 0.5) is 0 Å². The highest BCUT2D eigenvalue weighted by Crippen LogP contribution is 2.26. The van der Waals surface area contributed by atoms with E-state index in [0.717, 1.165) is 5.69 Å². The molecule has 0 saturated carbocycles. The first-order valence-corrected chi connectivity index (χ1v) is 7.18. The van der Waals surface area contributed by atoms with E-state index >= 15 is 0 Å². The van der Waals surface area contributed by atoms with Crippen LogP contribution in [-0.2, 0) is 18.8 Å². The van der Waals surface area contributed by atoms with Crippen molar-refractivity contribution in [3.63, 3.8) is 0 Å². The number of ether oxygens (including phenoxy) is 1. The number of carbonyl (C=O) groups excluding carboxylic acids is 1. The summed E-state index contributed by atoms with van der Waals surface area (Å²) in [6.07, 6.45) is 3.63. The van der Waals surface area contributed by atoms with Gasteiger partial charge in [0.2, 0.25) is 0 Å². The molecule has 114 valence electrons. The molecule has 1 saturated heterocycles. The van der Waals surface area contributed by atoms with Gasteiger partial charge < -0.3 is 18.8 Å². The summed E-state index contributed by atoms with van der Waals surface area (Å²) in [5, 5.41) is 8.99. The van der Waals surface area contributed by atoms with Crippen molar-refractivity contribution in [1.29, 1.82) is 5.26 Å². The van der Waals surface area contributed by atoms with E-state index in [2.05, 4.69) is 6.07 Å². The molecule has 0 bridgehead atoms. The van der Waals surface area contributed by atoms with E-state index in [0.29, 0.717) is 31.0 Å². The minimum Gasteiger partial charge on any atom is -0.377 e. The third-order valence-corrected chi connectivity index (χ3v) is 4.07. The lowest BCUT2D eigenvalue weighted by molar-refractivity contribution is -0.00512. The Morgan fingerprint density at radius 1 is 1.41 bits per heavy atom. The first-order valence-electron chi connectivity index (χ1n) is 7.18. The topological polar surface area (TPSA) is 63.2 Å². The van der Waals surface area contributed by atoms with Crippen LogP contribution in [0.2, 0.25) is 0 Å². The van der Waals surface area contributed by atoms with E-state index in [9.17, 15) is 4.79 Å². The Morgan fingerprint density at radius 3 is 2.86 bits per heavy atom. The van der Waals surface area contributed by atoms with Crippen LogP contribution in [0.3, 0.4) is 0 Å². The lowest BCUT2D eigenvalue weighted by atomic mass is 10.1. The Morgan fingerprint density at radius 2 is 2.23 bits per heavy atom. The molecule has 1 atom stereocenters. The molecule has 1 aliphatic rings. The van der Waals surface area contributed by atoms with Gasteiger partial charge in [-0.3, -0.25) is 4.79 Å². The fourth-order valence-electron chi connectivity index (χ4n) is 2.90. The normalized spacial score (nSPS) is 18.2. The molecule has 1 fully saturated rings. The number of morpholine rings is 1. The summed E-state index contributed by atoms with van der Waals surface area (Å²) >= 11 is 0. The summed E-state index contributed by atoms with van der Waals surface area (Å²) in [6, 6.07) is 7.57. The number of aryl methyl sites for hydroxylation is 2.